The van der Waals surface area contributed by atoms with E-state index in [-0.39, 0.29) is 37.2 Å². The summed E-state index contributed by atoms with van der Waals surface area (Å²) in [6.45, 7) is 7.58. The Labute approximate surface area is 210 Å². The summed E-state index contributed by atoms with van der Waals surface area (Å²) >= 11 is 0. The summed E-state index contributed by atoms with van der Waals surface area (Å²) in [5.74, 6) is -0.431. The van der Waals surface area contributed by atoms with Crippen molar-refractivity contribution in [3.05, 3.63) is 29.3 Å². The predicted molar refractivity (Wildman–Crippen MR) is 127 cm³/mol. The molecule has 3 atom stereocenters. The van der Waals surface area contributed by atoms with E-state index in [1.807, 2.05) is 13.8 Å². The highest BCUT2D eigenvalue weighted by molar-refractivity contribution is 5.83. The number of fused-ring (bicyclic) bond motifs is 1. The Bertz CT molecular complexity index is 978. The SMILES string of the molecule is CC(C)[C@]1(C(=O)N2COc3ccc(C(F)(F)F)cc3C2)CC[C@@H](N2CCC(N[C@@H](C)C(=O)O)CC2)C1. The van der Waals surface area contributed by atoms with Gasteiger partial charge in [-0.25, -0.2) is 0 Å². The van der Waals surface area contributed by atoms with Crippen molar-refractivity contribution in [3.8, 4) is 5.75 Å². The van der Waals surface area contributed by atoms with Gasteiger partial charge in [0.25, 0.3) is 0 Å². The molecule has 0 unspecified atom stereocenters. The molecule has 3 aliphatic rings. The molecule has 10 heteroatoms. The Balaban J connectivity index is 1.41. The highest BCUT2D eigenvalue weighted by atomic mass is 19.4. The van der Waals surface area contributed by atoms with Crippen LogP contribution in [0, 0.1) is 11.3 Å². The van der Waals surface area contributed by atoms with Gasteiger partial charge in [0.2, 0.25) is 5.91 Å². The first-order valence-electron chi connectivity index (χ1n) is 12.8. The van der Waals surface area contributed by atoms with Crippen LogP contribution in [0.1, 0.15) is 64.0 Å². The first-order chi connectivity index (χ1) is 16.9. The molecule has 36 heavy (non-hydrogen) atoms. The van der Waals surface area contributed by atoms with Crippen molar-refractivity contribution in [2.75, 3.05) is 19.8 Å². The summed E-state index contributed by atoms with van der Waals surface area (Å²) < 4.78 is 45.3. The molecule has 1 aromatic rings. The quantitative estimate of drug-likeness (QED) is 0.599. The molecule has 0 radical (unpaired) electrons. The second-order valence-electron chi connectivity index (χ2n) is 10.8. The standard InChI is InChI=1S/C26H36F3N3O4/c1-16(2)25(9-6-21(13-25)31-10-7-20(8-11-31)30-17(3)23(33)34)24(35)32-14-18-12-19(26(27,28)29)4-5-22(18)36-15-32/h4-5,12,16-17,20-21,30H,6-11,13-15H2,1-3H3,(H,33,34)/t17-,21+,25-/m0/s1. The Morgan fingerprint density at radius 3 is 2.47 bits per heavy atom. The van der Waals surface area contributed by atoms with Crippen molar-refractivity contribution in [2.24, 2.45) is 11.3 Å². The van der Waals surface area contributed by atoms with Crippen LogP contribution in [-0.4, -0.2) is 64.7 Å². The third kappa shape index (κ3) is 5.34. The van der Waals surface area contributed by atoms with Gasteiger partial charge in [-0.2, -0.15) is 13.2 Å². The van der Waals surface area contributed by atoms with Gasteiger partial charge in [0, 0.05) is 17.6 Å². The number of hydrogen-bond acceptors (Lipinski definition) is 5. The van der Waals surface area contributed by atoms with E-state index in [1.54, 1.807) is 11.8 Å². The molecule has 1 aliphatic carbocycles. The molecular weight excluding hydrogens is 475 g/mol. The zero-order valence-electron chi connectivity index (χ0n) is 21.1. The number of carbonyl (C=O) groups excluding carboxylic acids is 1. The van der Waals surface area contributed by atoms with E-state index >= 15 is 0 Å². The van der Waals surface area contributed by atoms with Crippen molar-refractivity contribution in [1.29, 1.82) is 0 Å². The van der Waals surface area contributed by atoms with E-state index in [9.17, 15) is 22.8 Å². The number of halogens is 3. The van der Waals surface area contributed by atoms with Crippen LogP contribution in [0.3, 0.4) is 0 Å². The lowest BCUT2D eigenvalue weighted by molar-refractivity contribution is -0.150. The Hall–Kier alpha value is -2.33. The smallest absolute Gasteiger partial charge is 0.416 e. The van der Waals surface area contributed by atoms with Crippen LogP contribution >= 0.6 is 0 Å². The van der Waals surface area contributed by atoms with Gasteiger partial charge in [-0.15, -0.1) is 0 Å². The van der Waals surface area contributed by atoms with E-state index in [4.69, 9.17) is 9.84 Å². The van der Waals surface area contributed by atoms with E-state index in [0.29, 0.717) is 17.7 Å². The number of amides is 1. The van der Waals surface area contributed by atoms with E-state index in [2.05, 4.69) is 10.2 Å². The lowest BCUT2D eigenvalue weighted by Crippen LogP contribution is -2.51. The number of likely N-dealkylation sites (tertiary alicyclic amines) is 1. The number of hydrogen-bond donors (Lipinski definition) is 2. The molecule has 7 nitrogen and oxygen atoms in total. The number of alkyl halides is 3. The van der Waals surface area contributed by atoms with Gasteiger partial charge in [-0.1, -0.05) is 13.8 Å². The third-order valence-electron chi connectivity index (χ3n) is 8.37. The van der Waals surface area contributed by atoms with Gasteiger partial charge in [-0.3, -0.25) is 9.59 Å². The van der Waals surface area contributed by atoms with Gasteiger partial charge in [0.1, 0.15) is 11.8 Å². The fourth-order valence-electron chi connectivity index (χ4n) is 6.05. The molecule has 2 N–H and O–H groups in total. The van der Waals surface area contributed by atoms with Crippen molar-refractivity contribution >= 4 is 11.9 Å². The van der Waals surface area contributed by atoms with Gasteiger partial charge >= 0.3 is 12.1 Å². The number of carbonyl (C=O) groups is 2. The maximum atomic E-state index is 13.9. The van der Waals surface area contributed by atoms with Crippen molar-refractivity contribution in [1.82, 2.24) is 15.1 Å². The van der Waals surface area contributed by atoms with Crippen molar-refractivity contribution < 1.29 is 32.6 Å². The van der Waals surface area contributed by atoms with Gasteiger partial charge in [0.15, 0.2) is 6.73 Å². The maximum absolute atomic E-state index is 13.9. The molecule has 1 amide bonds. The zero-order valence-corrected chi connectivity index (χ0v) is 21.1. The van der Waals surface area contributed by atoms with Gasteiger partial charge in [-0.05, 0) is 76.2 Å². The summed E-state index contributed by atoms with van der Waals surface area (Å²) in [7, 11) is 0. The second-order valence-corrected chi connectivity index (χ2v) is 10.8. The lowest BCUT2D eigenvalue weighted by Gasteiger charge is -2.41. The van der Waals surface area contributed by atoms with Crippen LogP contribution in [0.5, 0.6) is 5.75 Å². The molecule has 1 saturated carbocycles. The number of carboxylic acid groups (broad SMARTS) is 1. The van der Waals surface area contributed by atoms with Crippen molar-refractivity contribution in [3.63, 3.8) is 0 Å². The number of rotatable bonds is 6. The second kappa shape index (κ2) is 10.2. The highest BCUT2D eigenvalue weighted by Gasteiger charge is 2.51. The minimum absolute atomic E-state index is 0.0369. The first kappa shape index (κ1) is 26.7. The fraction of sp³-hybridized carbons (Fsp3) is 0.692. The third-order valence-corrected chi connectivity index (χ3v) is 8.37. The normalized spacial score (nSPS) is 26.5. The summed E-state index contributed by atoms with van der Waals surface area (Å²) in [4.78, 5) is 29.0. The number of nitrogens with zero attached hydrogens (tertiary/aromatic N) is 2. The summed E-state index contributed by atoms with van der Waals surface area (Å²) in [5, 5.41) is 12.3. The molecule has 2 aliphatic heterocycles. The molecule has 200 valence electrons. The molecule has 0 bridgehead atoms. The first-order valence-corrected chi connectivity index (χ1v) is 12.8. The van der Waals surface area contributed by atoms with Gasteiger partial charge in [0.05, 0.1) is 17.5 Å². The van der Waals surface area contributed by atoms with Crippen LogP contribution in [0.15, 0.2) is 18.2 Å². The molecule has 2 fully saturated rings. The van der Waals surface area contributed by atoms with Crippen LogP contribution in [-0.2, 0) is 22.3 Å². The average Bonchev–Trinajstić information content (AvgIpc) is 3.29. The van der Waals surface area contributed by atoms with E-state index in [1.165, 1.54) is 6.07 Å². The fourth-order valence-corrected chi connectivity index (χ4v) is 6.05. The number of benzene rings is 1. The number of aliphatic carboxylic acids is 1. The minimum Gasteiger partial charge on any atom is -0.480 e. The predicted octanol–water partition coefficient (Wildman–Crippen LogP) is 4.11. The molecule has 2 heterocycles. The van der Waals surface area contributed by atoms with Gasteiger partial charge < -0.3 is 25.0 Å². The Kier molecular flexibility index (Phi) is 7.57. The monoisotopic (exact) mass is 511 g/mol. The van der Waals surface area contributed by atoms with Crippen LogP contribution in [0.4, 0.5) is 13.2 Å². The molecule has 0 spiro atoms. The molecule has 0 aromatic heterocycles. The van der Waals surface area contributed by atoms with Crippen LogP contribution in [0.2, 0.25) is 0 Å². The van der Waals surface area contributed by atoms with E-state index in [0.717, 1.165) is 50.9 Å². The number of ether oxygens (including phenoxy) is 1. The Morgan fingerprint density at radius 1 is 1.17 bits per heavy atom. The number of carboxylic acids is 1. The maximum Gasteiger partial charge on any atom is 0.416 e. The molecule has 4 rings (SSSR count). The number of piperidine rings is 1. The number of nitrogens with one attached hydrogen (secondary N) is 1. The summed E-state index contributed by atoms with van der Waals surface area (Å²) in [5.41, 5.74) is -0.947. The van der Waals surface area contributed by atoms with Crippen molar-refractivity contribution in [2.45, 2.75) is 83.7 Å². The average molecular weight is 512 g/mol. The van der Waals surface area contributed by atoms with Crippen LogP contribution in [0.25, 0.3) is 0 Å². The summed E-state index contributed by atoms with van der Waals surface area (Å²) in [6, 6.07) is 3.26. The zero-order chi connectivity index (χ0) is 26.3. The molecule has 1 aromatic carbocycles. The Morgan fingerprint density at radius 2 is 1.86 bits per heavy atom. The molecular formula is C26H36F3N3O4. The van der Waals surface area contributed by atoms with E-state index < -0.39 is 29.2 Å². The highest BCUT2D eigenvalue weighted by Crippen LogP contribution is 2.48. The largest absolute Gasteiger partial charge is 0.480 e. The lowest BCUT2D eigenvalue weighted by atomic mass is 9.74. The van der Waals surface area contributed by atoms with Crippen LogP contribution < -0.4 is 10.1 Å². The minimum atomic E-state index is -4.45. The topological polar surface area (TPSA) is 82.1 Å². The molecule has 1 saturated heterocycles. The summed E-state index contributed by atoms with van der Waals surface area (Å²) in [6.07, 6.45) is -0.414.